The van der Waals surface area contributed by atoms with Gasteiger partial charge in [-0.3, -0.25) is 0 Å². The molecule has 1 saturated heterocycles. The average Bonchev–Trinajstić information content (AvgIpc) is 2.28. The molecule has 1 aromatic rings. The monoisotopic (exact) mass is 248 g/mol. The molecule has 0 aliphatic carbocycles. The van der Waals surface area contributed by atoms with Gasteiger partial charge < -0.3 is 15.0 Å². The van der Waals surface area contributed by atoms with Crippen LogP contribution in [0.2, 0.25) is 0 Å². The average molecular weight is 248 g/mol. The number of aryl methyl sites for hydroxylation is 3. The highest BCUT2D eigenvalue weighted by atomic mass is 16.5. The predicted octanol–water partition coefficient (Wildman–Crippen LogP) is 2.04. The maximum atomic E-state index is 5.77. The van der Waals surface area contributed by atoms with Crippen molar-refractivity contribution >= 4 is 5.69 Å². The van der Waals surface area contributed by atoms with E-state index < -0.39 is 0 Å². The Morgan fingerprint density at radius 3 is 2.50 bits per heavy atom. The molecule has 1 heterocycles. The number of benzene rings is 1. The van der Waals surface area contributed by atoms with Crippen LogP contribution in [0.25, 0.3) is 0 Å². The van der Waals surface area contributed by atoms with Gasteiger partial charge in [-0.2, -0.15) is 0 Å². The minimum absolute atomic E-state index is 0.295. The molecule has 0 amide bonds. The Labute approximate surface area is 110 Å². The second kappa shape index (κ2) is 5.72. The van der Waals surface area contributed by atoms with Crippen LogP contribution in [-0.2, 0) is 4.74 Å². The maximum absolute atomic E-state index is 5.77. The summed E-state index contributed by atoms with van der Waals surface area (Å²) in [6.07, 6.45) is 0.295. The Hall–Kier alpha value is -1.06. The van der Waals surface area contributed by atoms with Crippen LogP contribution in [-0.4, -0.2) is 39.4 Å². The largest absolute Gasteiger partial charge is 0.374 e. The van der Waals surface area contributed by atoms with Crippen molar-refractivity contribution in [3.05, 3.63) is 28.8 Å². The highest BCUT2D eigenvalue weighted by molar-refractivity contribution is 5.59. The van der Waals surface area contributed by atoms with Gasteiger partial charge in [0, 0.05) is 32.4 Å². The predicted molar refractivity (Wildman–Crippen MR) is 76.5 cm³/mol. The van der Waals surface area contributed by atoms with Crippen molar-refractivity contribution in [1.82, 2.24) is 5.32 Å². The van der Waals surface area contributed by atoms with Crippen molar-refractivity contribution in [2.75, 3.05) is 38.2 Å². The number of hydrogen-bond donors (Lipinski definition) is 1. The number of anilines is 1. The molecule has 1 unspecified atom stereocenters. The van der Waals surface area contributed by atoms with Crippen molar-refractivity contribution < 1.29 is 4.74 Å². The first-order chi connectivity index (χ1) is 8.58. The number of nitrogens with one attached hydrogen (secondary N) is 1. The molecule has 1 aliphatic heterocycles. The van der Waals surface area contributed by atoms with Crippen LogP contribution < -0.4 is 10.2 Å². The van der Waals surface area contributed by atoms with Gasteiger partial charge in [-0.25, -0.2) is 0 Å². The Kier molecular flexibility index (Phi) is 4.25. The van der Waals surface area contributed by atoms with Crippen LogP contribution in [0.5, 0.6) is 0 Å². The fourth-order valence-electron chi connectivity index (χ4n) is 2.91. The third kappa shape index (κ3) is 3.03. The molecular formula is C15H24N2O. The van der Waals surface area contributed by atoms with Crippen LogP contribution in [0, 0.1) is 20.8 Å². The fourth-order valence-corrected chi connectivity index (χ4v) is 2.91. The second-order valence-electron chi connectivity index (χ2n) is 5.32. The number of rotatable bonds is 3. The van der Waals surface area contributed by atoms with Crippen molar-refractivity contribution in [2.45, 2.75) is 26.9 Å². The van der Waals surface area contributed by atoms with E-state index in [-0.39, 0.29) is 0 Å². The Morgan fingerprint density at radius 2 is 1.94 bits per heavy atom. The summed E-state index contributed by atoms with van der Waals surface area (Å²) >= 11 is 0. The molecule has 0 bridgehead atoms. The van der Waals surface area contributed by atoms with Gasteiger partial charge in [-0.1, -0.05) is 17.7 Å². The molecule has 1 atom stereocenters. The quantitative estimate of drug-likeness (QED) is 0.886. The first-order valence-electron chi connectivity index (χ1n) is 6.69. The summed E-state index contributed by atoms with van der Waals surface area (Å²) in [5.74, 6) is 0. The van der Waals surface area contributed by atoms with E-state index in [0.29, 0.717) is 6.10 Å². The molecule has 0 radical (unpaired) electrons. The standard InChI is InChI=1S/C15H24N2O/c1-11-7-12(2)15(13(3)8-11)17(4)10-14-9-16-5-6-18-14/h7-8,14,16H,5-6,9-10H2,1-4H3. The molecule has 1 aromatic carbocycles. The highest BCUT2D eigenvalue weighted by Gasteiger charge is 2.17. The van der Waals surface area contributed by atoms with E-state index in [2.05, 4.69) is 50.2 Å². The van der Waals surface area contributed by atoms with E-state index in [1.807, 2.05) is 0 Å². The lowest BCUT2D eigenvalue weighted by atomic mass is 10.0. The van der Waals surface area contributed by atoms with Crippen molar-refractivity contribution in [3.8, 4) is 0 Å². The van der Waals surface area contributed by atoms with E-state index in [1.54, 1.807) is 0 Å². The highest BCUT2D eigenvalue weighted by Crippen LogP contribution is 2.25. The Balaban J connectivity index is 2.10. The molecule has 2 rings (SSSR count). The van der Waals surface area contributed by atoms with Crippen LogP contribution in [0.3, 0.4) is 0 Å². The van der Waals surface area contributed by atoms with Gasteiger partial charge in [-0.05, 0) is 31.9 Å². The van der Waals surface area contributed by atoms with Crippen LogP contribution in [0.15, 0.2) is 12.1 Å². The van der Waals surface area contributed by atoms with Crippen molar-refractivity contribution in [2.24, 2.45) is 0 Å². The van der Waals surface area contributed by atoms with Crippen LogP contribution >= 0.6 is 0 Å². The Morgan fingerprint density at radius 1 is 1.28 bits per heavy atom. The van der Waals surface area contributed by atoms with E-state index in [9.17, 15) is 0 Å². The summed E-state index contributed by atoms with van der Waals surface area (Å²) in [6, 6.07) is 4.50. The molecule has 1 aliphatic rings. The number of nitrogens with zero attached hydrogens (tertiary/aromatic N) is 1. The number of morpholine rings is 1. The SMILES string of the molecule is Cc1cc(C)c(N(C)CC2CNCCO2)c(C)c1. The zero-order chi connectivity index (χ0) is 13.1. The molecule has 100 valence electrons. The van der Waals surface area contributed by atoms with Gasteiger partial charge in [0.05, 0.1) is 12.7 Å². The molecule has 0 spiro atoms. The van der Waals surface area contributed by atoms with E-state index in [4.69, 9.17) is 4.74 Å². The first kappa shape index (κ1) is 13.4. The number of ether oxygens (including phenoxy) is 1. The zero-order valence-electron chi connectivity index (χ0n) is 11.9. The number of hydrogen-bond acceptors (Lipinski definition) is 3. The summed E-state index contributed by atoms with van der Waals surface area (Å²) < 4.78 is 5.77. The van der Waals surface area contributed by atoms with E-state index in [0.717, 1.165) is 26.2 Å². The third-order valence-corrected chi connectivity index (χ3v) is 3.50. The van der Waals surface area contributed by atoms with Gasteiger partial charge in [0.1, 0.15) is 0 Å². The lowest BCUT2D eigenvalue weighted by Gasteiger charge is -2.31. The third-order valence-electron chi connectivity index (χ3n) is 3.50. The lowest BCUT2D eigenvalue weighted by molar-refractivity contribution is 0.0340. The molecule has 1 fully saturated rings. The lowest BCUT2D eigenvalue weighted by Crippen LogP contribution is -2.44. The van der Waals surface area contributed by atoms with Gasteiger partial charge in [0.2, 0.25) is 0 Å². The topological polar surface area (TPSA) is 24.5 Å². The summed E-state index contributed by atoms with van der Waals surface area (Å²) in [7, 11) is 2.16. The number of likely N-dealkylation sites (N-methyl/N-ethyl adjacent to an activating group) is 1. The van der Waals surface area contributed by atoms with Crippen molar-refractivity contribution in [1.29, 1.82) is 0 Å². The molecule has 3 heteroatoms. The molecule has 18 heavy (non-hydrogen) atoms. The summed E-state index contributed by atoms with van der Waals surface area (Å²) in [4.78, 5) is 2.32. The molecule has 3 nitrogen and oxygen atoms in total. The fraction of sp³-hybridized carbons (Fsp3) is 0.600. The van der Waals surface area contributed by atoms with Crippen LogP contribution in [0.1, 0.15) is 16.7 Å². The maximum Gasteiger partial charge on any atom is 0.0874 e. The summed E-state index contributed by atoms with van der Waals surface area (Å²) in [5, 5.41) is 3.38. The molecule has 0 aromatic heterocycles. The minimum Gasteiger partial charge on any atom is -0.374 e. The summed E-state index contributed by atoms with van der Waals surface area (Å²) in [6.45, 7) is 10.2. The minimum atomic E-state index is 0.295. The normalized spacial score (nSPS) is 19.9. The van der Waals surface area contributed by atoms with Crippen molar-refractivity contribution in [3.63, 3.8) is 0 Å². The molecular weight excluding hydrogens is 224 g/mol. The first-order valence-corrected chi connectivity index (χ1v) is 6.69. The summed E-state index contributed by atoms with van der Waals surface area (Å²) in [5.41, 5.74) is 5.37. The van der Waals surface area contributed by atoms with Gasteiger partial charge in [0.25, 0.3) is 0 Å². The van der Waals surface area contributed by atoms with E-state index in [1.165, 1.54) is 22.4 Å². The zero-order valence-corrected chi connectivity index (χ0v) is 11.9. The molecule has 0 saturated carbocycles. The van der Waals surface area contributed by atoms with Crippen LogP contribution in [0.4, 0.5) is 5.69 Å². The van der Waals surface area contributed by atoms with E-state index >= 15 is 0 Å². The van der Waals surface area contributed by atoms with Gasteiger partial charge >= 0.3 is 0 Å². The Bertz CT molecular complexity index is 388. The second-order valence-corrected chi connectivity index (χ2v) is 5.32. The smallest absolute Gasteiger partial charge is 0.0874 e. The van der Waals surface area contributed by atoms with Gasteiger partial charge in [0.15, 0.2) is 0 Å². The molecule has 1 N–H and O–H groups in total. The van der Waals surface area contributed by atoms with Gasteiger partial charge in [-0.15, -0.1) is 0 Å².